The van der Waals surface area contributed by atoms with Gasteiger partial charge in [-0.25, -0.2) is 9.18 Å². The molecular weight excluding hydrogens is 337 g/mol. The van der Waals surface area contributed by atoms with E-state index in [1.807, 2.05) is 0 Å². The Kier molecular flexibility index (Phi) is 6.60. The van der Waals surface area contributed by atoms with Crippen LogP contribution in [0.25, 0.3) is 0 Å². The number of ketones is 1. The number of hydrogen-bond acceptors (Lipinski definition) is 4. The SMILES string of the molecule is CC(C)[C@H](NC(=O)c1ccc(F)cc1)C(=O)OCC(=O)c1ccccc1. The molecule has 0 aliphatic rings. The molecule has 0 aromatic heterocycles. The number of hydrogen-bond donors (Lipinski definition) is 1. The Morgan fingerprint density at radius 2 is 1.58 bits per heavy atom. The number of esters is 1. The Hall–Kier alpha value is -3.02. The maximum Gasteiger partial charge on any atom is 0.329 e. The van der Waals surface area contributed by atoms with Gasteiger partial charge in [0.15, 0.2) is 12.4 Å². The maximum absolute atomic E-state index is 12.9. The molecule has 0 heterocycles. The van der Waals surface area contributed by atoms with E-state index in [1.54, 1.807) is 44.2 Å². The molecule has 26 heavy (non-hydrogen) atoms. The smallest absolute Gasteiger partial charge is 0.329 e. The van der Waals surface area contributed by atoms with Crippen molar-refractivity contribution in [3.63, 3.8) is 0 Å². The Morgan fingerprint density at radius 1 is 0.962 bits per heavy atom. The van der Waals surface area contributed by atoms with Crippen molar-refractivity contribution in [3.05, 3.63) is 71.5 Å². The minimum atomic E-state index is -0.920. The van der Waals surface area contributed by atoms with E-state index in [0.717, 1.165) is 12.1 Å². The third-order valence-corrected chi connectivity index (χ3v) is 3.75. The minimum absolute atomic E-state index is 0.227. The van der Waals surface area contributed by atoms with Gasteiger partial charge in [-0.1, -0.05) is 44.2 Å². The first-order valence-corrected chi connectivity index (χ1v) is 8.20. The summed E-state index contributed by atoms with van der Waals surface area (Å²) < 4.78 is 18.0. The van der Waals surface area contributed by atoms with Crippen LogP contribution in [0.4, 0.5) is 4.39 Å². The van der Waals surface area contributed by atoms with Crippen LogP contribution < -0.4 is 5.32 Å². The van der Waals surface area contributed by atoms with Crippen LogP contribution in [-0.2, 0) is 9.53 Å². The summed E-state index contributed by atoms with van der Waals surface area (Å²) in [7, 11) is 0. The second-order valence-corrected chi connectivity index (χ2v) is 6.10. The van der Waals surface area contributed by atoms with Crippen molar-refractivity contribution in [2.45, 2.75) is 19.9 Å². The minimum Gasteiger partial charge on any atom is -0.456 e. The zero-order chi connectivity index (χ0) is 19.1. The summed E-state index contributed by atoms with van der Waals surface area (Å²) in [4.78, 5) is 36.5. The molecule has 0 radical (unpaired) electrons. The van der Waals surface area contributed by atoms with Gasteiger partial charge in [-0.2, -0.15) is 0 Å². The monoisotopic (exact) mass is 357 g/mol. The van der Waals surface area contributed by atoms with Crippen LogP contribution in [0.15, 0.2) is 54.6 Å². The Morgan fingerprint density at radius 3 is 2.15 bits per heavy atom. The highest BCUT2D eigenvalue weighted by Crippen LogP contribution is 2.09. The quantitative estimate of drug-likeness (QED) is 0.611. The molecule has 2 aromatic rings. The fourth-order valence-electron chi connectivity index (χ4n) is 2.26. The first kappa shape index (κ1) is 19.3. The van der Waals surface area contributed by atoms with Crippen molar-refractivity contribution < 1.29 is 23.5 Å². The van der Waals surface area contributed by atoms with Crippen molar-refractivity contribution >= 4 is 17.7 Å². The molecule has 0 saturated carbocycles. The summed E-state index contributed by atoms with van der Waals surface area (Å²) in [5.41, 5.74) is 0.668. The molecule has 0 bridgehead atoms. The molecule has 2 aromatic carbocycles. The lowest BCUT2D eigenvalue weighted by atomic mass is 10.0. The van der Waals surface area contributed by atoms with E-state index in [9.17, 15) is 18.8 Å². The van der Waals surface area contributed by atoms with Crippen LogP contribution in [0.3, 0.4) is 0 Å². The molecule has 5 nitrogen and oxygen atoms in total. The van der Waals surface area contributed by atoms with Crippen LogP contribution in [0.2, 0.25) is 0 Å². The molecule has 1 amide bonds. The number of rotatable bonds is 7. The molecule has 2 rings (SSSR count). The van der Waals surface area contributed by atoms with Crippen LogP contribution in [-0.4, -0.2) is 30.3 Å². The van der Waals surface area contributed by atoms with E-state index in [2.05, 4.69) is 5.32 Å². The Balaban J connectivity index is 1.97. The normalized spacial score (nSPS) is 11.7. The molecule has 1 N–H and O–H groups in total. The lowest BCUT2D eigenvalue weighted by Gasteiger charge is -2.20. The number of carbonyl (C=O) groups is 3. The van der Waals surface area contributed by atoms with Gasteiger partial charge in [0.1, 0.15) is 11.9 Å². The summed E-state index contributed by atoms with van der Waals surface area (Å²) in [5.74, 6) is -2.25. The lowest BCUT2D eigenvalue weighted by Crippen LogP contribution is -2.45. The number of nitrogens with one attached hydrogen (secondary N) is 1. The Bertz CT molecular complexity index is 772. The number of ether oxygens (including phenoxy) is 1. The molecule has 0 aliphatic carbocycles. The fraction of sp³-hybridized carbons (Fsp3) is 0.250. The molecule has 136 valence electrons. The van der Waals surface area contributed by atoms with Crippen LogP contribution in [0.1, 0.15) is 34.6 Å². The van der Waals surface area contributed by atoms with Gasteiger partial charge in [-0.3, -0.25) is 9.59 Å². The number of carbonyl (C=O) groups excluding carboxylic acids is 3. The topological polar surface area (TPSA) is 72.5 Å². The van der Waals surface area contributed by atoms with Gasteiger partial charge in [0, 0.05) is 11.1 Å². The van der Waals surface area contributed by atoms with Crippen LogP contribution in [0.5, 0.6) is 0 Å². The van der Waals surface area contributed by atoms with Crippen molar-refractivity contribution in [1.82, 2.24) is 5.32 Å². The molecule has 1 atom stereocenters. The predicted octanol–water partition coefficient (Wildman–Crippen LogP) is 3.01. The van der Waals surface area contributed by atoms with E-state index in [1.165, 1.54) is 12.1 Å². The van der Waals surface area contributed by atoms with Crippen LogP contribution >= 0.6 is 0 Å². The van der Waals surface area contributed by atoms with Crippen molar-refractivity contribution in [2.24, 2.45) is 5.92 Å². The van der Waals surface area contributed by atoms with Gasteiger partial charge in [0.05, 0.1) is 0 Å². The summed E-state index contributed by atoms with van der Waals surface area (Å²) in [6, 6.07) is 12.5. The van der Waals surface area contributed by atoms with Gasteiger partial charge in [0.25, 0.3) is 5.91 Å². The second-order valence-electron chi connectivity index (χ2n) is 6.10. The third kappa shape index (κ3) is 5.24. The molecule has 6 heteroatoms. The first-order chi connectivity index (χ1) is 12.4. The third-order valence-electron chi connectivity index (χ3n) is 3.75. The van der Waals surface area contributed by atoms with E-state index in [4.69, 9.17) is 4.74 Å². The van der Waals surface area contributed by atoms with E-state index < -0.39 is 30.3 Å². The number of halogens is 1. The average molecular weight is 357 g/mol. The highest BCUT2D eigenvalue weighted by atomic mass is 19.1. The zero-order valence-electron chi connectivity index (χ0n) is 14.6. The summed E-state index contributed by atoms with van der Waals surface area (Å²) >= 11 is 0. The van der Waals surface area contributed by atoms with Crippen LogP contribution in [0, 0.1) is 11.7 Å². The molecule has 0 saturated heterocycles. The highest BCUT2D eigenvalue weighted by Gasteiger charge is 2.26. The molecule has 0 spiro atoms. The first-order valence-electron chi connectivity index (χ1n) is 8.20. The van der Waals surface area contributed by atoms with E-state index >= 15 is 0 Å². The summed E-state index contributed by atoms with van der Waals surface area (Å²) in [6.07, 6.45) is 0. The maximum atomic E-state index is 12.9. The molecule has 0 unspecified atom stereocenters. The summed E-state index contributed by atoms with van der Waals surface area (Å²) in [6.45, 7) is 3.09. The zero-order valence-corrected chi connectivity index (χ0v) is 14.6. The molecular formula is C20H20FNO4. The van der Waals surface area contributed by atoms with E-state index in [-0.39, 0.29) is 17.3 Å². The predicted molar refractivity (Wildman–Crippen MR) is 94.2 cm³/mol. The van der Waals surface area contributed by atoms with Gasteiger partial charge in [0.2, 0.25) is 0 Å². The summed E-state index contributed by atoms with van der Waals surface area (Å²) in [5, 5.41) is 2.57. The lowest BCUT2D eigenvalue weighted by molar-refractivity contribution is -0.145. The van der Waals surface area contributed by atoms with Crippen molar-refractivity contribution in [2.75, 3.05) is 6.61 Å². The van der Waals surface area contributed by atoms with Gasteiger partial charge >= 0.3 is 5.97 Å². The van der Waals surface area contributed by atoms with Gasteiger partial charge in [-0.05, 0) is 30.2 Å². The number of Topliss-reactive ketones (excluding diaryl/α,β-unsaturated/α-hetero) is 1. The van der Waals surface area contributed by atoms with Crippen molar-refractivity contribution in [3.8, 4) is 0 Å². The second kappa shape index (κ2) is 8.89. The highest BCUT2D eigenvalue weighted by molar-refractivity contribution is 5.99. The molecule has 0 aliphatic heterocycles. The van der Waals surface area contributed by atoms with Gasteiger partial charge < -0.3 is 10.1 Å². The van der Waals surface area contributed by atoms with Gasteiger partial charge in [-0.15, -0.1) is 0 Å². The number of benzene rings is 2. The largest absolute Gasteiger partial charge is 0.456 e. The van der Waals surface area contributed by atoms with Crippen molar-refractivity contribution in [1.29, 1.82) is 0 Å². The average Bonchev–Trinajstić information content (AvgIpc) is 2.64. The molecule has 0 fully saturated rings. The fourth-order valence-corrected chi connectivity index (χ4v) is 2.26. The standard InChI is InChI=1S/C20H20FNO4/c1-13(2)18(22-19(24)15-8-10-16(21)11-9-15)20(25)26-12-17(23)14-6-4-3-5-7-14/h3-11,13,18H,12H2,1-2H3,(H,22,24)/t18-/m0/s1. The van der Waals surface area contributed by atoms with E-state index in [0.29, 0.717) is 5.56 Å². The Labute approximate surface area is 151 Å². The number of amides is 1.